The largest absolute Gasteiger partial charge is 0.439 e. The summed E-state index contributed by atoms with van der Waals surface area (Å²) in [4.78, 5) is 19.0. The number of carbonyl (C=O) groups excluding carboxylic acids is 1. The predicted octanol–water partition coefficient (Wildman–Crippen LogP) is 4.24. The molecule has 0 radical (unpaired) electrons. The number of amides is 1. The van der Waals surface area contributed by atoms with Crippen molar-refractivity contribution in [3.8, 4) is 11.6 Å². The summed E-state index contributed by atoms with van der Waals surface area (Å²) in [5.74, 6) is 1.07. The van der Waals surface area contributed by atoms with Crippen molar-refractivity contribution >= 4 is 21.8 Å². The van der Waals surface area contributed by atoms with Crippen molar-refractivity contribution in [2.45, 2.75) is 32.2 Å². The molecule has 0 aliphatic carbocycles. The van der Waals surface area contributed by atoms with Gasteiger partial charge in [0.2, 0.25) is 5.88 Å². The molecule has 6 heteroatoms. The summed E-state index contributed by atoms with van der Waals surface area (Å²) in [5.41, 5.74) is 0.540. The first-order valence-electron chi connectivity index (χ1n) is 9.03. The molecule has 2 aromatic rings. The monoisotopic (exact) mass is 417 g/mol. The van der Waals surface area contributed by atoms with Crippen LogP contribution in [-0.4, -0.2) is 41.5 Å². The van der Waals surface area contributed by atoms with Gasteiger partial charge in [-0.25, -0.2) is 4.98 Å². The molecular formula is C20H24BrN3O2. The summed E-state index contributed by atoms with van der Waals surface area (Å²) in [6.45, 7) is 5.20. The van der Waals surface area contributed by atoms with Crippen molar-refractivity contribution in [2.24, 2.45) is 0 Å². The molecule has 1 atom stereocenters. The van der Waals surface area contributed by atoms with Crippen LogP contribution in [0, 0.1) is 0 Å². The molecule has 1 unspecified atom stereocenters. The Morgan fingerprint density at radius 2 is 1.92 bits per heavy atom. The second kappa shape index (κ2) is 9.14. The summed E-state index contributed by atoms with van der Waals surface area (Å²) in [7, 11) is 0. The highest BCUT2D eigenvalue weighted by Crippen LogP contribution is 2.21. The van der Waals surface area contributed by atoms with Gasteiger partial charge in [0.15, 0.2) is 0 Å². The molecule has 1 aromatic heterocycles. The van der Waals surface area contributed by atoms with Crippen molar-refractivity contribution < 1.29 is 9.53 Å². The van der Waals surface area contributed by atoms with E-state index in [0.29, 0.717) is 17.2 Å². The van der Waals surface area contributed by atoms with E-state index in [1.165, 1.54) is 19.3 Å². The molecule has 0 saturated carbocycles. The molecule has 1 aromatic carbocycles. The summed E-state index contributed by atoms with van der Waals surface area (Å²) < 4.78 is 6.67. The summed E-state index contributed by atoms with van der Waals surface area (Å²) >= 11 is 3.39. The van der Waals surface area contributed by atoms with Crippen LogP contribution >= 0.6 is 15.9 Å². The fourth-order valence-corrected chi connectivity index (χ4v) is 3.34. The van der Waals surface area contributed by atoms with Crippen LogP contribution in [0.25, 0.3) is 0 Å². The normalized spacial score (nSPS) is 16.1. The summed E-state index contributed by atoms with van der Waals surface area (Å²) in [6, 6.07) is 11.1. The van der Waals surface area contributed by atoms with Crippen LogP contribution < -0.4 is 10.1 Å². The lowest BCUT2D eigenvalue weighted by Gasteiger charge is -2.29. The number of ether oxygens (including phenoxy) is 1. The molecular weight excluding hydrogens is 394 g/mol. The number of benzene rings is 1. The van der Waals surface area contributed by atoms with Crippen LogP contribution in [0.3, 0.4) is 0 Å². The van der Waals surface area contributed by atoms with Crippen molar-refractivity contribution in [1.82, 2.24) is 15.2 Å². The Morgan fingerprint density at radius 3 is 2.58 bits per heavy atom. The maximum absolute atomic E-state index is 12.4. The molecule has 138 valence electrons. The highest BCUT2D eigenvalue weighted by Gasteiger charge is 2.16. The Hall–Kier alpha value is -1.92. The van der Waals surface area contributed by atoms with E-state index in [2.05, 4.69) is 31.1 Å². The molecule has 1 fully saturated rings. The third-order valence-corrected chi connectivity index (χ3v) is 4.92. The van der Waals surface area contributed by atoms with Gasteiger partial charge < -0.3 is 15.0 Å². The van der Waals surface area contributed by atoms with Crippen molar-refractivity contribution in [3.63, 3.8) is 0 Å². The van der Waals surface area contributed by atoms with Crippen LogP contribution in [0.15, 0.2) is 47.1 Å². The lowest BCUT2D eigenvalue weighted by molar-refractivity contribution is 0.0925. The number of rotatable bonds is 6. The minimum Gasteiger partial charge on any atom is -0.439 e. The number of hydrogen-bond donors (Lipinski definition) is 1. The Kier molecular flexibility index (Phi) is 6.63. The number of nitrogens with zero attached hydrogens (tertiary/aromatic N) is 2. The van der Waals surface area contributed by atoms with Gasteiger partial charge in [-0.15, -0.1) is 0 Å². The van der Waals surface area contributed by atoms with Gasteiger partial charge in [-0.2, -0.15) is 0 Å². The maximum Gasteiger partial charge on any atom is 0.253 e. The molecule has 1 saturated heterocycles. The van der Waals surface area contributed by atoms with Crippen molar-refractivity contribution in [2.75, 3.05) is 19.6 Å². The summed E-state index contributed by atoms with van der Waals surface area (Å²) in [6.07, 6.45) is 5.38. The van der Waals surface area contributed by atoms with Crippen molar-refractivity contribution in [3.05, 3.63) is 52.6 Å². The van der Waals surface area contributed by atoms with Crippen LogP contribution in [0.5, 0.6) is 11.6 Å². The first-order chi connectivity index (χ1) is 12.6. The SMILES string of the molecule is CC(CN1CCCCC1)NC(=O)c1ccc(Oc2ccc(Br)cc2)nc1. The number of likely N-dealkylation sites (tertiary alicyclic amines) is 1. The lowest BCUT2D eigenvalue weighted by atomic mass is 10.1. The molecule has 1 N–H and O–H groups in total. The zero-order chi connectivity index (χ0) is 18.4. The van der Waals surface area contributed by atoms with Crippen molar-refractivity contribution in [1.29, 1.82) is 0 Å². The second-order valence-electron chi connectivity index (χ2n) is 6.68. The van der Waals surface area contributed by atoms with Gasteiger partial charge >= 0.3 is 0 Å². The fourth-order valence-electron chi connectivity index (χ4n) is 3.08. The Labute approximate surface area is 162 Å². The van der Waals surface area contributed by atoms with Crippen LogP contribution in [0.1, 0.15) is 36.5 Å². The van der Waals surface area contributed by atoms with E-state index in [1.807, 2.05) is 31.2 Å². The van der Waals surface area contributed by atoms with Gasteiger partial charge in [-0.05, 0) is 63.2 Å². The predicted molar refractivity (Wildman–Crippen MR) is 106 cm³/mol. The first kappa shape index (κ1) is 18.9. The van der Waals surface area contributed by atoms with E-state index >= 15 is 0 Å². The number of piperidine rings is 1. The van der Waals surface area contributed by atoms with E-state index in [9.17, 15) is 4.79 Å². The molecule has 1 aliphatic rings. The van der Waals surface area contributed by atoms with Gasteiger partial charge in [-0.3, -0.25) is 4.79 Å². The molecule has 3 rings (SSSR count). The first-order valence-corrected chi connectivity index (χ1v) is 9.82. The highest BCUT2D eigenvalue weighted by molar-refractivity contribution is 9.10. The number of aromatic nitrogens is 1. The minimum absolute atomic E-state index is 0.0998. The van der Waals surface area contributed by atoms with Crippen LogP contribution in [-0.2, 0) is 0 Å². The highest BCUT2D eigenvalue weighted by atomic mass is 79.9. The second-order valence-corrected chi connectivity index (χ2v) is 7.59. The van der Waals surface area contributed by atoms with E-state index in [0.717, 1.165) is 24.1 Å². The zero-order valence-corrected chi connectivity index (χ0v) is 16.5. The number of nitrogens with one attached hydrogen (secondary N) is 1. The minimum atomic E-state index is -0.0998. The molecule has 26 heavy (non-hydrogen) atoms. The average Bonchev–Trinajstić information content (AvgIpc) is 2.65. The van der Waals surface area contributed by atoms with Gasteiger partial charge in [-0.1, -0.05) is 22.4 Å². The summed E-state index contributed by atoms with van der Waals surface area (Å²) in [5, 5.41) is 3.05. The average molecular weight is 418 g/mol. The molecule has 0 spiro atoms. The van der Waals surface area contributed by atoms with Crippen LogP contribution in [0.2, 0.25) is 0 Å². The molecule has 0 bridgehead atoms. The third kappa shape index (κ3) is 5.54. The zero-order valence-electron chi connectivity index (χ0n) is 15.0. The Bertz CT molecular complexity index is 713. The lowest BCUT2D eigenvalue weighted by Crippen LogP contribution is -2.43. The molecule has 1 amide bonds. The number of hydrogen-bond acceptors (Lipinski definition) is 4. The van der Waals surface area contributed by atoms with Gasteiger partial charge in [0.1, 0.15) is 5.75 Å². The van der Waals surface area contributed by atoms with E-state index in [4.69, 9.17) is 4.74 Å². The number of carbonyl (C=O) groups is 1. The molecule has 5 nitrogen and oxygen atoms in total. The standard InChI is InChI=1S/C20H24BrN3O2/c1-15(14-24-11-3-2-4-12-24)23-20(25)16-5-10-19(22-13-16)26-18-8-6-17(21)7-9-18/h5-10,13,15H,2-4,11-12,14H2,1H3,(H,23,25). The van der Waals surface area contributed by atoms with Gasteiger partial charge in [0.05, 0.1) is 5.56 Å². The van der Waals surface area contributed by atoms with E-state index < -0.39 is 0 Å². The third-order valence-electron chi connectivity index (χ3n) is 4.39. The Balaban J connectivity index is 1.52. The topological polar surface area (TPSA) is 54.5 Å². The quantitative estimate of drug-likeness (QED) is 0.763. The fraction of sp³-hybridized carbons (Fsp3) is 0.400. The number of pyridine rings is 1. The maximum atomic E-state index is 12.4. The smallest absolute Gasteiger partial charge is 0.253 e. The van der Waals surface area contributed by atoms with E-state index in [1.54, 1.807) is 18.3 Å². The number of halogens is 1. The Morgan fingerprint density at radius 1 is 1.19 bits per heavy atom. The molecule has 2 heterocycles. The van der Waals surface area contributed by atoms with Gasteiger partial charge in [0.25, 0.3) is 5.91 Å². The van der Waals surface area contributed by atoms with Gasteiger partial charge in [0, 0.05) is 29.3 Å². The molecule has 1 aliphatic heterocycles. The van der Waals surface area contributed by atoms with E-state index in [-0.39, 0.29) is 11.9 Å². The van der Waals surface area contributed by atoms with Crippen LogP contribution in [0.4, 0.5) is 0 Å².